The van der Waals surface area contributed by atoms with Crippen LogP contribution in [0.25, 0.3) is 0 Å². The SMILES string of the molecule is CCCCCCCCCCCCCCCCCC/C=C/C(O)C(CO)NC(=O)CCCCCCCCCCCCCCCC/C=C\C/C=C\CCOC(=O)CCCCCCCCCCCCCCCCCC. The van der Waals surface area contributed by atoms with Crippen molar-refractivity contribution in [1.82, 2.24) is 5.32 Å². The van der Waals surface area contributed by atoms with Crippen molar-refractivity contribution in [3.05, 3.63) is 36.5 Å². The van der Waals surface area contributed by atoms with E-state index in [1.54, 1.807) is 6.08 Å². The van der Waals surface area contributed by atoms with Gasteiger partial charge in [-0.15, -0.1) is 0 Å². The molecule has 1 amide bonds. The second-order valence-corrected chi connectivity index (χ2v) is 22.1. The van der Waals surface area contributed by atoms with Crippen molar-refractivity contribution in [2.75, 3.05) is 13.2 Å². The van der Waals surface area contributed by atoms with Crippen LogP contribution >= 0.6 is 0 Å². The average Bonchev–Trinajstić information content (AvgIpc) is 3.38. The highest BCUT2D eigenvalue weighted by Crippen LogP contribution is 2.18. The number of nitrogens with one attached hydrogen (secondary N) is 1. The number of aliphatic hydroxyl groups is 2. The molecule has 0 aliphatic rings. The van der Waals surface area contributed by atoms with E-state index in [4.69, 9.17) is 4.74 Å². The molecule has 72 heavy (non-hydrogen) atoms. The van der Waals surface area contributed by atoms with Crippen molar-refractivity contribution in [2.45, 2.75) is 360 Å². The molecule has 424 valence electrons. The van der Waals surface area contributed by atoms with Gasteiger partial charge < -0.3 is 20.3 Å². The Hall–Kier alpha value is -1.92. The van der Waals surface area contributed by atoms with E-state index in [1.807, 2.05) is 6.08 Å². The molecule has 0 aliphatic carbocycles. The molecule has 0 aliphatic heterocycles. The number of aliphatic hydroxyl groups excluding tert-OH is 2. The lowest BCUT2D eigenvalue weighted by Gasteiger charge is -2.20. The van der Waals surface area contributed by atoms with Crippen LogP contribution < -0.4 is 5.32 Å². The fourth-order valence-electron chi connectivity index (χ4n) is 10.0. The first-order valence-corrected chi connectivity index (χ1v) is 32.3. The monoisotopic (exact) mass is 1010 g/mol. The highest BCUT2D eigenvalue weighted by Gasteiger charge is 2.18. The Labute approximate surface area is 449 Å². The van der Waals surface area contributed by atoms with Gasteiger partial charge in [-0.2, -0.15) is 0 Å². The van der Waals surface area contributed by atoms with Crippen molar-refractivity contribution < 1.29 is 24.5 Å². The first-order chi connectivity index (χ1) is 35.5. The van der Waals surface area contributed by atoms with Gasteiger partial charge in [0.15, 0.2) is 0 Å². The van der Waals surface area contributed by atoms with Gasteiger partial charge in [-0.1, -0.05) is 320 Å². The van der Waals surface area contributed by atoms with Crippen molar-refractivity contribution in [1.29, 1.82) is 0 Å². The van der Waals surface area contributed by atoms with E-state index in [0.29, 0.717) is 19.4 Å². The number of amides is 1. The summed E-state index contributed by atoms with van der Waals surface area (Å²) in [5, 5.41) is 23.2. The van der Waals surface area contributed by atoms with E-state index in [2.05, 4.69) is 43.5 Å². The molecule has 6 heteroatoms. The zero-order valence-corrected chi connectivity index (χ0v) is 48.4. The summed E-state index contributed by atoms with van der Waals surface area (Å²) in [6, 6.07) is -0.632. The number of hydrogen-bond acceptors (Lipinski definition) is 5. The standard InChI is InChI=1S/C66H125NO5/c1-3-5-7-9-11-13-15-17-19-21-27-30-34-38-42-46-50-54-58-64(69)63(62-68)67-65(70)59-55-51-47-43-39-35-31-28-25-23-22-24-26-29-33-37-41-45-49-53-57-61-72-66(71)60-56-52-48-44-40-36-32-20-18-16-14-12-10-8-6-4-2/h37,41,49,53-54,58,63-64,68-69H,3-36,38-40,42-48,50-52,55-57,59-62H2,1-2H3,(H,67,70)/b41-37-,53-49-,58-54+. The summed E-state index contributed by atoms with van der Waals surface area (Å²) in [6.45, 7) is 4.82. The number of rotatable bonds is 60. The topological polar surface area (TPSA) is 95.9 Å². The second-order valence-electron chi connectivity index (χ2n) is 22.1. The third kappa shape index (κ3) is 57.4. The van der Waals surface area contributed by atoms with Crippen LogP contribution in [0.15, 0.2) is 36.5 Å². The molecular weight excluding hydrogens is 887 g/mol. The fourth-order valence-corrected chi connectivity index (χ4v) is 10.0. The van der Waals surface area contributed by atoms with Gasteiger partial charge in [0, 0.05) is 12.8 Å². The van der Waals surface area contributed by atoms with Crippen LogP contribution in [0.1, 0.15) is 348 Å². The minimum atomic E-state index is -0.849. The molecular formula is C66H125NO5. The lowest BCUT2D eigenvalue weighted by atomic mass is 10.0. The number of carbonyl (C=O) groups is 2. The zero-order valence-electron chi connectivity index (χ0n) is 48.4. The number of allylic oxidation sites excluding steroid dienone is 4. The molecule has 0 aromatic carbocycles. The van der Waals surface area contributed by atoms with Crippen LogP contribution in [0.3, 0.4) is 0 Å². The normalized spacial score (nSPS) is 12.8. The van der Waals surface area contributed by atoms with E-state index in [0.717, 1.165) is 51.4 Å². The average molecular weight is 1010 g/mol. The zero-order chi connectivity index (χ0) is 52.2. The molecule has 2 unspecified atom stereocenters. The van der Waals surface area contributed by atoms with E-state index >= 15 is 0 Å². The van der Waals surface area contributed by atoms with Crippen molar-refractivity contribution in [3.63, 3.8) is 0 Å². The van der Waals surface area contributed by atoms with Gasteiger partial charge in [0.1, 0.15) is 0 Å². The molecule has 0 heterocycles. The summed E-state index contributed by atoms with van der Waals surface area (Å²) < 4.78 is 5.43. The number of ether oxygens (including phenoxy) is 1. The van der Waals surface area contributed by atoms with Crippen molar-refractivity contribution in [3.8, 4) is 0 Å². The fraction of sp³-hybridized carbons (Fsp3) is 0.879. The van der Waals surface area contributed by atoms with Gasteiger partial charge in [-0.3, -0.25) is 9.59 Å². The summed E-state index contributed by atoms with van der Waals surface area (Å²) in [5.41, 5.74) is 0. The lowest BCUT2D eigenvalue weighted by molar-refractivity contribution is -0.143. The summed E-state index contributed by atoms with van der Waals surface area (Å²) >= 11 is 0. The predicted octanol–water partition coefficient (Wildman–Crippen LogP) is 20.4. The maximum Gasteiger partial charge on any atom is 0.305 e. The van der Waals surface area contributed by atoms with Gasteiger partial charge in [-0.25, -0.2) is 0 Å². The number of esters is 1. The molecule has 0 spiro atoms. The Morgan fingerprint density at radius 2 is 0.694 bits per heavy atom. The van der Waals surface area contributed by atoms with Crippen molar-refractivity contribution in [2.24, 2.45) is 0 Å². The second kappa shape index (κ2) is 61.6. The van der Waals surface area contributed by atoms with Gasteiger partial charge in [0.2, 0.25) is 5.91 Å². The highest BCUT2D eigenvalue weighted by atomic mass is 16.5. The Kier molecular flexibility index (Phi) is 60.0. The number of carbonyl (C=O) groups excluding carboxylic acids is 2. The molecule has 0 aromatic heterocycles. The third-order valence-corrected chi connectivity index (χ3v) is 14.9. The lowest BCUT2D eigenvalue weighted by Crippen LogP contribution is -2.45. The quantitative estimate of drug-likeness (QED) is 0.0320. The molecule has 6 nitrogen and oxygen atoms in total. The smallest absolute Gasteiger partial charge is 0.305 e. The summed E-state index contributed by atoms with van der Waals surface area (Å²) in [6.07, 6.45) is 77.8. The van der Waals surface area contributed by atoms with Crippen molar-refractivity contribution >= 4 is 11.9 Å². The maximum atomic E-state index is 12.5. The molecule has 0 radical (unpaired) electrons. The van der Waals surface area contributed by atoms with E-state index in [-0.39, 0.29) is 18.5 Å². The molecule has 0 saturated heterocycles. The minimum Gasteiger partial charge on any atom is -0.465 e. The largest absolute Gasteiger partial charge is 0.465 e. The first-order valence-electron chi connectivity index (χ1n) is 32.3. The number of hydrogen-bond donors (Lipinski definition) is 3. The first kappa shape index (κ1) is 70.1. The van der Waals surface area contributed by atoms with Crippen LogP contribution in [0, 0.1) is 0 Å². The molecule has 0 fully saturated rings. The van der Waals surface area contributed by atoms with Gasteiger partial charge in [0.05, 0.1) is 25.4 Å². The number of unbranched alkanes of at least 4 members (excludes halogenated alkanes) is 45. The molecule has 2 atom stereocenters. The van der Waals surface area contributed by atoms with E-state index in [1.165, 1.54) is 270 Å². The summed E-state index contributed by atoms with van der Waals surface area (Å²) in [5.74, 6) is -0.103. The predicted molar refractivity (Wildman–Crippen MR) is 315 cm³/mol. The molecule has 0 bridgehead atoms. The molecule has 0 rings (SSSR count). The van der Waals surface area contributed by atoms with Gasteiger partial charge >= 0.3 is 5.97 Å². The Balaban J connectivity index is 3.47. The maximum absolute atomic E-state index is 12.5. The van der Waals surface area contributed by atoms with Crippen LogP contribution in [-0.4, -0.2) is 47.4 Å². The van der Waals surface area contributed by atoms with E-state index in [9.17, 15) is 19.8 Å². The minimum absolute atomic E-state index is 0.0321. The summed E-state index contributed by atoms with van der Waals surface area (Å²) in [7, 11) is 0. The van der Waals surface area contributed by atoms with Crippen LogP contribution in [0.2, 0.25) is 0 Å². The van der Waals surface area contributed by atoms with Crippen LogP contribution in [0.4, 0.5) is 0 Å². The molecule has 0 aromatic rings. The molecule has 3 N–H and O–H groups in total. The van der Waals surface area contributed by atoms with E-state index < -0.39 is 12.1 Å². The van der Waals surface area contributed by atoms with Crippen LogP contribution in [0.5, 0.6) is 0 Å². The third-order valence-electron chi connectivity index (χ3n) is 14.9. The Morgan fingerprint density at radius 3 is 1.06 bits per heavy atom. The van der Waals surface area contributed by atoms with Gasteiger partial charge in [0.25, 0.3) is 0 Å². The van der Waals surface area contributed by atoms with Crippen LogP contribution in [-0.2, 0) is 14.3 Å². The Bertz CT molecular complexity index is 1170. The molecule has 0 saturated carbocycles. The summed E-state index contributed by atoms with van der Waals surface area (Å²) in [4.78, 5) is 24.5. The van der Waals surface area contributed by atoms with Gasteiger partial charge in [-0.05, 0) is 51.4 Å². The Morgan fingerprint density at radius 1 is 0.389 bits per heavy atom. The highest BCUT2D eigenvalue weighted by molar-refractivity contribution is 5.76.